The molecule has 2 rings (SSSR count). The number of nitrogens with two attached hydrogens (primary N) is 1. The first-order chi connectivity index (χ1) is 8.97. The van der Waals surface area contributed by atoms with Gasteiger partial charge in [-0.15, -0.1) is 0 Å². The molecule has 6 heteroatoms. The molecule has 98 valence electrons. The molecular weight excluding hydrogens is 287 g/mol. The van der Waals surface area contributed by atoms with Crippen LogP contribution in [-0.4, -0.2) is 11.0 Å². The molecule has 0 radical (unpaired) electrons. The van der Waals surface area contributed by atoms with E-state index < -0.39 is 5.91 Å². The second kappa shape index (κ2) is 5.38. The van der Waals surface area contributed by atoms with Crippen molar-refractivity contribution in [3.8, 4) is 5.75 Å². The molecule has 0 heterocycles. The summed E-state index contributed by atoms with van der Waals surface area (Å²) < 4.78 is 0. The van der Waals surface area contributed by atoms with Gasteiger partial charge in [-0.3, -0.25) is 4.79 Å². The van der Waals surface area contributed by atoms with Crippen molar-refractivity contribution >= 4 is 40.5 Å². The van der Waals surface area contributed by atoms with E-state index in [1.165, 1.54) is 24.3 Å². The third kappa shape index (κ3) is 3.10. The molecule has 0 unspecified atom stereocenters. The summed E-state index contributed by atoms with van der Waals surface area (Å²) in [6.07, 6.45) is 0. The highest BCUT2D eigenvalue weighted by molar-refractivity contribution is 6.31. The number of hydrogen-bond acceptors (Lipinski definition) is 3. The zero-order valence-corrected chi connectivity index (χ0v) is 11.2. The molecule has 4 nitrogen and oxygen atoms in total. The van der Waals surface area contributed by atoms with E-state index in [4.69, 9.17) is 28.9 Å². The van der Waals surface area contributed by atoms with Crippen molar-refractivity contribution in [2.24, 2.45) is 0 Å². The van der Waals surface area contributed by atoms with Crippen LogP contribution in [0.5, 0.6) is 5.75 Å². The van der Waals surface area contributed by atoms with Gasteiger partial charge in [0.05, 0.1) is 16.9 Å². The van der Waals surface area contributed by atoms with Crippen molar-refractivity contribution < 1.29 is 9.90 Å². The highest BCUT2D eigenvalue weighted by Crippen LogP contribution is 2.26. The quantitative estimate of drug-likeness (QED) is 0.742. The van der Waals surface area contributed by atoms with Gasteiger partial charge in [-0.1, -0.05) is 23.2 Å². The van der Waals surface area contributed by atoms with E-state index in [0.717, 1.165) is 0 Å². The normalized spacial score (nSPS) is 10.2. The molecule has 2 aromatic carbocycles. The van der Waals surface area contributed by atoms with Gasteiger partial charge < -0.3 is 16.2 Å². The van der Waals surface area contributed by atoms with Crippen molar-refractivity contribution in [1.29, 1.82) is 0 Å². The number of nitrogen functional groups attached to an aromatic ring is 1. The van der Waals surface area contributed by atoms with Gasteiger partial charge in [0.15, 0.2) is 0 Å². The van der Waals surface area contributed by atoms with E-state index in [1.54, 1.807) is 12.1 Å². The van der Waals surface area contributed by atoms with Gasteiger partial charge >= 0.3 is 0 Å². The Morgan fingerprint density at radius 1 is 1.11 bits per heavy atom. The molecule has 0 fully saturated rings. The number of rotatable bonds is 2. The summed E-state index contributed by atoms with van der Waals surface area (Å²) in [6.45, 7) is 0. The molecule has 0 spiro atoms. The summed E-state index contributed by atoms with van der Waals surface area (Å²) in [4.78, 5) is 12.0. The van der Waals surface area contributed by atoms with Crippen LogP contribution in [0.4, 0.5) is 11.4 Å². The van der Waals surface area contributed by atoms with Crippen molar-refractivity contribution in [2.45, 2.75) is 0 Å². The average molecular weight is 297 g/mol. The molecule has 0 saturated heterocycles. The Morgan fingerprint density at radius 3 is 2.42 bits per heavy atom. The topological polar surface area (TPSA) is 75.3 Å². The van der Waals surface area contributed by atoms with Crippen LogP contribution in [0.1, 0.15) is 10.4 Å². The molecule has 0 aliphatic heterocycles. The zero-order valence-electron chi connectivity index (χ0n) is 9.65. The minimum atomic E-state index is -0.497. The van der Waals surface area contributed by atoms with Gasteiger partial charge in [0.2, 0.25) is 0 Å². The first-order valence-electron chi connectivity index (χ1n) is 5.32. The van der Waals surface area contributed by atoms with E-state index in [2.05, 4.69) is 5.32 Å². The summed E-state index contributed by atoms with van der Waals surface area (Å²) in [5, 5.41) is 13.0. The zero-order chi connectivity index (χ0) is 14.0. The molecule has 0 atom stereocenters. The number of benzene rings is 2. The van der Waals surface area contributed by atoms with Gasteiger partial charge in [-0.2, -0.15) is 0 Å². The molecular formula is C13H10Cl2N2O2. The van der Waals surface area contributed by atoms with Crippen LogP contribution in [0.15, 0.2) is 36.4 Å². The van der Waals surface area contributed by atoms with E-state index >= 15 is 0 Å². The van der Waals surface area contributed by atoms with Gasteiger partial charge in [-0.05, 0) is 36.4 Å². The standard InChI is InChI=1S/C13H10Cl2N2O2/c14-7-2-4-10(16)11(5-7)17-13(19)9-3-1-8(15)6-12(9)18/h1-6,18H,16H2,(H,17,19). The van der Waals surface area contributed by atoms with Crippen molar-refractivity contribution in [3.05, 3.63) is 52.0 Å². The number of halogens is 2. The number of carbonyl (C=O) groups is 1. The van der Waals surface area contributed by atoms with Gasteiger partial charge in [0.25, 0.3) is 5.91 Å². The maximum atomic E-state index is 12.0. The minimum absolute atomic E-state index is 0.101. The predicted molar refractivity (Wildman–Crippen MR) is 76.9 cm³/mol. The van der Waals surface area contributed by atoms with Crippen LogP contribution in [0, 0.1) is 0 Å². The number of aromatic hydroxyl groups is 1. The van der Waals surface area contributed by atoms with Crippen LogP contribution in [0.3, 0.4) is 0 Å². The van der Waals surface area contributed by atoms with E-state index in [-0.39, 0.29) is 11.3 Å². The van der Waals surface area contributed by atoms with Crippen LogP contribution in [-0.2, 0) is 0 Å². The van der Waals surface area contributed by atoms with Crippen molar-refractivity contribution in [3.63, 3.8) is 0 Å². The lowest BCUT2D eigenvalue weighted by Gasteiger charge is -2.09. The van der Waals surface area contributed by atoms with Gasteiger partial charge in [-0.25, -0.2) is 0 Å². The number of phenolic OH excluding ortho intramolecular Hbond substituents is 1. The predicted octanol–water partition coefficient (Wildman–Crippen LogP) is 3.53. The molecule has 4 N–H and O–H groups in total. The number of anilines is 2. The average Bonchev–Trinajstić information content (AvgIpc) is 2.33. The maximum Gasteiger partial charge on any atom is 0.259 e. The first-order valence-corrected chi connectivity index (χ1v) is 6.08. The molecule has 0 aliphatic rings. The number of nitrogens with one attached hydrogen (secondary N) is 1. The summed E-state index contributed by atoms with van der Waals surface area (Å²) in [6, 6.07) is 8.96. The molecule has 0 aromatic heterocycles. The van der Waals surface area contributed by atoms with E-state index in [1.807, 2.05) is 0 Å². The summed E-state index contributed by atoms with van der Waals surface area (Å²) >= 11 is 11.5. The number of carbonyl (C=O) groups excluding carboxylic acids is 1. The largest absolute Gasteiger partial charge is 0.507 e. The summed E-state index contributed by atoms with van der Waals surface area (Å²) in [5.74, 6) is -0.700. The maximum absolute atomic E-state index is 12.0. The lowest BCUT2D eigenvalue weighted by molar-refractivity contribution is 0.102. The Balaban J connectivity index is 2.28. The Labute approximate surface area is 119 Å². The first kappa shape index (κ1) is 13.5. The monoisotopic (exact) mass is 296 g/mol. The fourth-order valence-electron chi connectivity index (χ4n) is 1.52. The smallest absolute Gasteiger partial charge is 0.259 e. The Bertz CT molecular complexity index is 645. The Morgan fingerprint density at radius 2 is 1.74 bits per heavy atom. The van der Waals surface area contributed by atoms with E-state index in [0.29, 0.717) is 21.4 Å². The van der Waals surface area contributed by atoms with E-state index in [9.17, 15) is 9.90 Å². The number of phenols is 1. The highest BCUT2D eigenvalue weighted by Gasteiger charge is 2.13. The number of amides is 1. The second-order valence-corrected chi connectivity index (χ2v) is 4.72. The molecule has 19 heavy (non-hydrogen) atoms. The summed E-state index contributed by atoms with van der Waals surface area (Å²) in [7, 11) is 0. The SMILES string of the molecule is Nc1ccc(Cl)cc1NC(=O)c1ccc(Cl)cc1O. The molecule has 0 saturated carbocycles. The minimum Gasteiger partial charge on any atom is -0.507 e. The lowest BCUT2D eigenvalue weighted by atomic mass is 10.1. The van der Waals surface area contributed by atoms with Gasteiger partial charge in [0, 0.05) is 10.0 Å². The number of hydrogen-bond donors (Lipinski definition) is 3. The third-order valence-electron chi connectivity index (χ3n) is 2.47. The highest BCUT2D eigenvalue weighted by atomic mass is 35.5. The van der Waals surface area contributed by atoms with Crippen molar-refractivity contribution in [2.75, 3.05) is 11.1 Å². The summed E-state index contributed by atoms with van der Waals surface area (Å²) in [5.41, 5.74) is 6.58. The van der Waals surface area contributed by atoms with Crippen LogP contribution in [0.25, 0.3) is 0 Å². The Hall–Kier alpha value is -1.91. The van der Waals surface area contributed by atoms with Crippen LogP contribution < -0.4 is 11.1 Å². The second-order valence-electron chi connectivity index (χ2n) is 3.85. The van der Waals surface area contributed by atoms with Crippen LogP contribution in [0.2, 0.25) is 10.0 Å². The third-order valence-corrected chi connectivity index (χ3v) is 2.94. The fourth-order valence-corrected chi connectivity index (χ4v) is 1.86. The van der Waals surface area contributed by atoms with Gasteiger partial charge in [0.1, 0.15) is 5.75 Å². The molecule has 0 bridgehead atoms. The lowest BCUT2D eigenvalue weighted by Crippen LogP contribution is -2.13. The fraction of sp³-hybridized carbons (Fsp3) is 0. The van der Waals surface area contributed by atoms with Crippen molar-refractivity contribution in [1.82, 2.24) is 0 Å². The van der Waals surface area contributed by atoms with Crippen LogP contribution >= 0.6 is 23.2 Å². The molecule has 0 aliphatic carbocycles. The Kier molecular flexibility index (Phi) is 3.83. The molecule has 1 amide bonds. The molecule has 2 aromatic rings.